The van der Waals surface area contributed by atoms with Crippen LogP contribution in [0.5, 0.6) is 0 Å². The topological polar surface area (TPSA) is 95.9 Å². The highest BCUT2D eigenvalue weighted by molar-refractivity contribution is 7.99. The summed E-state index contributed by atoms with van der Waals surface area (Å²) in [5.41, 5.74) is 0. The van der Waals surface area contributed by atoms with Gasteiger partial charge in [0.05, 0.1) is 12.4 Å². The predicted molar refractivity (Wildman–Crippen MR) is 81.4 cm³/mol. The van der Waals surface area contributed by atoms with Gasteiger partial charge in [-0.15, -0.1) is 11.8 Å². The second-order valence-electron chi connectivity index (χ2n) is 5.61. The Labute approximate surface area is 133 Å². The molecule has 0 aromatic rings. The van der Waals surface area contributed by atoms with Gasteiger partial charge in [-0.3, -0.25) is 9.59 Å². The molecule has 124 valence electrons. The summed E-state index contributed by atoms with van der Waals surface area (Å²) in [5.74, 6) is -0.249. The minimum atomic E-state index is -1.12. The summed E-state index contributed by atoms with van der Waals surface area (Å²) in [4.78, 5) is 37.2. The van der Waals surface area contributed by atoms with Crippen LogP contribution in [0.2, 0.25) is 0 Å². The molecule has 0 bridgehead atoms. The SMILES string of the molecule is COC(CNC(=O)C1CSCN1C(=O)C1CCCC1)C(=O)O. The molecule has 0 aromatic carbocycles. The molecule has 0 aromatic heterocycles. The number of hydrogen-bond donors (Lipinski definition) is 2. The number of amides is 2. The van der Waals surface area contributed by atoms with Crippen molar-refractivity contribution < 1.29 is 24.2 Å². The molecule has 2 N–H and O–H groups in total. The number of thioether (sulfide) groups is 1. The molecule has 1 aliphatic heterocycles. The molecular formula is C14H22N2O5S. The number of nitrogens with zero attached hydrogens (tertiary/aromatic N) is 1. The van der Waals surface area contributed by atoms with E-state index in [0.717, 1.165) is 25.7 Å². The van der Waals surface area contributed by atoms with Gasteiger partial charge in [-0.1, -0.05) is 12.8 Å². The van der Waals surface area contributed by atoms with Crippen molar-refractivity contribution in [1.82, 2.24) is 10.2 Å². The molecule has 2 aliphatic rings. The van der Waals surface area contributed by atoms with Crippen LogP contribution in [0, 0.1) is 5.92 Å². The third kappa shape index (κ3) is 3.92. The smallest absolute Gasteiger partial charge is 0.334 e. The Morgan fingerprint density at radius 2 is 2.05 bits per heavy atom. The van der Waals surface area contributed by atoms with E-state index in [1.165, 1.54) is 7.11 Å². The van der Waals surface area contributed by atoms with Crippen molar-refractivity contribution in [1.29, 1.82) is 0 Å². The van der Waals surface area contributed by atoms with Gasteiger partial charge in [0, 0.05) is 18.8 Å². The lowest BCUT2D eigenvalue weighted by Crippen LogP contribution is -2.50. The Morgan fingerprint density at radius 1 is 1.36 bits per heavy atom. The van der Waals surface area contributed by atoms with Gasteiger partial charge in [-0.25, -0.2) is 4.79 Å². The fraction of sp³-hybridized carbons (Fsp3) is 0.786. The van der Waals surface area contributed by atoms with Crippen molar-refractivity contribution in [3.8, 4) is 0 Å². The van der Waals surface area contributed by atoms with Crippen LogP contribution in [0.4, 0.5) is 0 Å². The third-order valence-electron chi connectivity index (χ3n) is 4.19. The molecule has 1 heterocycles. The molecule has 2 rings (SSSR count). The summed E-state index contributed by atoms with van der Waals surface area (Å²) in [6.45, 7) is -0.0999. The van der Waals surface area contributed by atoms with Crippen LogP contribution < -0.4 is 5.32 Å². The van der Waals surface area contributed by atoms with E-state index in [9.17, 15) is 14.4 Å². The molecule has 2 amide bonds. The van der Waals surface area contributed by atoms with E-state index < -0.39 is 18.1 Å². The van der Waals surface area contributed by atoms with E-state index in [-0.39, 0.29) is 24.3 Å². The maximum Gasteiger partial charge on any atom is 0.334 e. The van der Waals surface area contributed by atoms with Crippen molar-refractivity contribution in [3.05, 3.63) is 0 Å². The molecule has 2 unspecified atom stereocenters. The first kappa shape index (κ1) is 17.1. The molecule has 0 radical (unpaired) electrons. The average molecular weight is 330 g/mol. The van der Waals surface area contributed by atoms with E-state index >= 15 is 0 Å². The number of ether oxygens (including phenoxy) is 1. The van der Waals surface area contributed by atoms with E-state index in [1.807, 2.05) is 0 Å². The number of carbonyl (C=O) groups is 3. The Hall–Kier alpha value is -1.28. The number of hydrogen-bond acceptors (Lipinski definition) is 5. The zero-order chi connectivity index (χ0) is 16.1. The number of aliphatic carboxylic acids is 1. The van der Waals surface area contributed by atoms with Crippen LogP contribution in [0.25, 0.3) is 0 Å². The van der Waals surface area contributed by atoms with Crippen molar-refractivity contribution in [3.63, 3.8) is 0 Å². The first-order valence-corrected chi connectivity index (χ1v) is 8.61. The van der Waals surface area contributed by atoms with Crippen LogP contribution in [0.3, 0.4) is 0 Å². The summed E-state index contributed by atoms with van der Waals surface area (Å²) in [6.07, 6.45) is 2.88. The number of methoxy groups -OCH3 is 1. The van der Waals surface area contributed by atoms with Gasteiger partial charge in [0.15, 0.2) is 6.10 Å². The van der Waals surface area contributed by atoms with Gasteiger partial charge in [0.2, 0.25) is 11.8 Å². The lowest BCUT2D eigenvalue weighted by atomic mass is 10.1. The van der Waals surface area contributed by atoms with Gasteiger partial charge >= 0.3 is 5.97 Å². The molecule has 1 saturated carbocycles. The highest BCUT2D eigenvalue weighted by Crippen LogP contribution is 2.30. The Balaban J connectivity index is 1.90. The van der Waals surface area contributed by atoms with Crippen molar-refractivity contribution in [2.75, 3.05) is 25.3 Å². The summed E-state index contributed by atoms with van der Waals surface area (Å²) in [5, 5.41) is 11.5. The maximum absolute atomic E-state index is 12.5. The second kappa shape index (κ2) is 7.82. The van der Waals surface area contributed by atoms with E-state index in [4.69, 9.17) is 9.84 Å². The number of rotatable bonds is 6. The summed E-state index contributed by atoms with van der Waals surface area (Å²) in [7, 11) is 1.28. The number of carboxylic acids is 1. The lowest BCUT2D eigenvalue weighted by molar-refractivity contribution is -0.149. The third-order valence-corrected chi connectivity index (χ3v) is 5.21. The summed E-state index contributed by atoms with van der Waals surface area (Å²) in [6, 6.07) is -0.510. The Bertz CT molecular complexity index is 439. The Morgan fingerprint density at radius 3 is 2.64 bits per heavy atom. The van der Waals surface area contributed by atoms with Crippen LogP contribution in [0.1, 0.15) is 25.7 Å². The van der Waals surface area contributed by atoms with E-state index in [1.54, 1.807) is 16.7 Å². The average Bonchev–Trinajstić information content (AvgIpc) is 3.18. The van der Waals surface area contributed by atoms with Gasteiger partial charge < -0.3 is 20.1 Å². The monoisotopic (exact) mass is 330 g/mol. The molecule has 22 heavy (non-hydrogen) atoms. The van der Waals surface area contributed by atoms with Gasteiger partial charge in [-0.05, 0) is 12.8 Å². The molecule has 1 saturated heterocycles. The molecule has 7 nitrogen and oxygen atoms in total. The van der Waals surface area contributed by atoms with Gasteiger partial charge in [0.1, 0.15) is 6.04 Å². The quantitative estimate of drug-likeness (QED) is 0.727. The molecule has 2 fully saturated rings. The molecule has 2 atom stereocenters. The fourth-order valence-electron chi connectivity index (χ4n) is 2.87. The fourth-order valence-corrected chi connectivity index (χ4v) is 4.03. The maximum atomic E-state index is 12.5. The van der Waals surface area contributed by atoms with Gasteiger partial charge in [-0.2, -0.15) is 0 Å². The van der Waals surface area contributed by atoms with E-state index in [2.05, 4.69) is 5.32 Å². The van der Waals surface area contributed by atoms with Crippen LogP contribution in [-0.2, 0) is 19.1 Å². The molecule has 1 aliphatic carbocycles. The van der Waals surface area contributed by atoms with Crippen molar-refractivity contribution in [2.24, 2.45) is 5.92 Å². The second-order valence-corrected chi connectivity index (χ2v) is 6.61. The highest BCUT2D eigenvalue weighted by atomic mass is 32.2. The van der Waals surface area contributed by atoms with Crippen LogP contribution in [0.15, 0.2) is 0 Å². The zero-order valence-electron chi connectivity index (χ0n) is 12.6. The standard InChI is InChI=1S/C14H22N2O5S/c1-21-11(14(19)20)6-15-12(17)10-7-22-8-16(10)13(18)9-4-2-3-5-9/h9-11H,2-8H2,1H3,(H,15,17)(H,19,20). The van der Waals surface area contributed by atoms with Crippen molar-refractivity contribution >= 4 is 29.5 Å². The number of carbonyl (C=O) groups excluding carboxylic acids is 2. The molecule has 8 heteroatoms. The molecular weight excluding hydrogens is 308 g/mol. The summed E-state index contributed by atoms with van der Waals surface area (Å²) >= 11 is 1.55. The predicted octanol–water partition coefficient (Wildman–Crippen LogP) is 0.294. The van der Waals surface area contributed by atoms with Crippen molar-refractivity contribution in [2.45, 2.75) is 37.8 Å². The summed E-state index contributed by atoms with van der Waals surface area (Å²) < 4.78 is 4.78. The minimum Gasteiger partial charge on any atom is -0.479 e. The zero-order valence-corrected chi connectivity index (χ0v) is 13.4. The number of carboxylic acid groups (broad SMARTS) is 1. The number of nitrogens with one attached hydrogen (secondary N) is 1. The first-order chi connectivity index (χ1) is 10.5. The molecule has 0 spiro atoms. The van der Waals surface area contributed by atoms with Gasteiger partial charge in [0.25, 0.3) is 0 Å². The normalized spacial score (nSPS) is 23.5. The highest BCUT2D eigenvalue weighted by Gasteiger charge is 2.38. The first-order valence-electron chi connectivity index (χ1n) is 7.46. The Kier molecular flexibility index (Phi) is 6.07. The van der Waals surface area contributed by atoms with E-state index in [0.29, 0.717) is 11.6 Å². The largest absolute Gasteiger partial charge is 0.479 e. The van der Waals surface area contributed by atoms with Crippen LogP contribution >= 0.6 is 11.8 Å². The minimum absolute atomic E-state index is 0.0414. The van der Waals surface area contributed by atoms with Crippen LogP contribution in [-0.4, -0.2) is 65.2 Å². The lowest BCUT2D eigenvalue weighted by Gasteiger charge is -2.26.